The first-order valence-electron chi connectivity index (χ1n) is 6.14. The van der Waals surface area contributed by atoms with Crippen LogP contribution in [0.25, 0.3) is 16.7 Å². The molecule has 0 atom stereocenters. The third-order valence-electron chi connectivity index (χ3n) is 3.14. The highest BCUT2D eigenvalue weighted by molar-refractivity contribution is 5.78. The third kappa shape index (κ3) is 1.96. The molecule has 0 saturated heterocycles. The van der Waals surface area contributed by atoms with E-state index < -0.39 is 0 Å². The normalized spacial score (nSPS) is 10.8. The van der Waals surface area contributed by atoms with E-state index in [4.69, 9.17) is 10.5 Å². The number of aromatic nitrogens is 2. The van der Waals surface area contributed by atoms with Crippen molar-refractivity contribution in [3.05, 3.63) is 54.4 Å². The van der Waals surface area contributed by atoms with Gasteiger partial charge in [0.2, 0.25) is 0 Å². The molecule has 1 aromatic heterocycles. The van der Waals surface area contributed by atoms with Crippen LogP contribution in [0.4, 0.5) is 0 Å². The molecule has 96 valence electrons. The van der Waals surface area contributed by atoms with E-state index in [1.54, 1.807) is 7.11 Å². The van der Waals surface area contributed by atoms with Crippen molar-refractivity contribution in [2.75, 3.05) is 7.11 Å². The van der Waals surface area contributed by atoms with E-state index in [0.29, 0.717) is 6.54 Å². The Kier molecular flexibility index (Phi) is 2.93. The average molecular weight is 253 g/mol. The molecular formula is C15H15N3O. The molecule has 0 radical (unpaired) electrons. The van der Waals surface area contributed by atoms with Crippen LogP contribution in [0, 0.1) is 0 Å². The Bertz CT molecular complexity index is 701. The van der Waals surface area contributed by atoms with Gasteiger partial charge in [0.1, 0.15) is 11.6 Å². The monoisotopic (exact) mass is 253 g/mol. The lowest BCUT2D eigenvalue weighted by Gasteiger charge is -2.09. The highest BCUT2D eigenvalue weighted by Crippen LogP contribution is 2.22. The first-order chi connectivity index (χ1) is 9.33. The van der Waals surface area contributed by atoms with Gasteiger partial charge in [-0.25, -0.2) is 4.98 Å². The summed E-state index contributed by atoms with van der Waals surface area (Å²) in [5.74, 6) is 1.69. The number of hydrogen-bond donors (Lipinski definition) is 1. The average Bonchev–Trinajstić information content (AvgIpc) is 2.86. The molecule has 0 aliphatic rings. The summed E-state index contributed by atoms with van der Waals surface area (Å²) in [4.78, 5) is 4.56. The standard InChI is InChI=1S/C15H15N3O/c1-19-12-8-6-11(7-9-12)18-14-5-3-2-4-13(14)17-15(18)10-16/h2-9H,10,16H2,1H3. The van der Waals surface area contributed by atoms with Gasteiger partial charge in [-0.05, 0) is 36.4 Å². The highest BCUT2D eigenvalue weighted by Gasteiger charge is 2.10. The molecule has 19 heavy (non-hydrogen) atoms. The van der Waals surface area contributed by atoms with E-state index in [1.807, 2.05) is 48.5 Å². The van der Waals surface area contributed by atoms with Crippen molar-refractivity contribution in [3.63, 3.8) is 0 Å². The number of imidazole rings is 1. The number of rotatable bonds is 3. The molecule has 0 unspecified atom stereocenters. The molecule has 4 nitrogen and oxygen atoms in total. The molecule has 3 rings (SSSR count). The van der Waals surface area contributed by atoms with Crippen molar-refractivity contribution in [3.8, 4) is 11.4 Å². The molecule has 4 heteroatoms. The van der Waals surface area contributed by atoms with E-state index in [9.17, 15) is 0 Å². The summed E-state index contributed by atoms with van der Waals surface area (Å²) in [5, 5.41) is 0. The van der Waals surface area contributed by atoms with Crippen LogP contribution in [0.5, 0.6) is 5.75 Å². The van der Waals surface area contributed by atoms with Crippen molar-refractivity contribution in [2.24, 2.45) is 5.73 Å². The maximum Gasteiger partial charge on any atom is 0.128 e. The summed E-state index contributed by atoms with van der Waals surface area (Å²) in [5.41, 5.74) is 8.86. The van der Waals surface area contributed by atoms with Crippen LogP contribution in [-0.4, -0.2) is 16.7 Å². The maximum absolute atomic E-state index is 5.80. The van der Waals surface area contributed by atoms with Crippen LogP contribution in [-0.2, 0) is 6.54 Å². The fourth-order valence-electron chi connectivity index (χ4n) is 2.23. The molecule has 3 aromatic rings. The Morgan fingerprint density at radius 3 is 2.53 bits per heavy atom. The number of fused-ring (bicyclic) bond motifs is 1. The molecule has 2 aromatic carbocycles. The fourth-order valence-corrected chi connectivity index (χ4v) is 2.23. The Morgan fingerprint density at radius 2 is 1.84 bits per heavy atom. The largest absolute Gasteiger partial charge is 0.497 e. The molecule has 0 spiro atoms. The first kappa shape index (κ1) is 11.7. The van der Waals surface area contributed by atoms with Gasteiger partial charge in [-0.3, -0.25) is 4.57 Å². The van der Waals surface area contributed by atoms with Crippen molar-refractivity contribution in [1.82, 2.24) is 9.55 Å². The van der Waals surface area contributed by atoms with Crippen molar-refractivity contribution in [1.29, 1.82) is 0 Å². The molecule has 0 fully saturated rings. The lowest BCUT2D eigenvalue weighted by molar-refractivity contribution is 0.414. The first-order valence-corrected chi connectivity index (χ1v) is 6.14. The van der Waals surface area contributed by atoms with E-state index in [-0.39, 0.29) is 0 Å². The lowest BCUT2D eigenvalue weighted by Crippen LogP contribution is -2.06. The molecular weight excluding hydrogens is 238 g/mol. The van der Waals surface area contributed by atoms with Gasteiger partial charge in [0.25, 0.3) is 0 Å². The van der Waals surface area contributed by atoms with Gasteiger partial charge in [-0.2, -0.15) is 0 Å². The van der Waals surface area contributed by atoms with Crippen LogP contribution >= 0.6 is 0 Å². The summed E-state index contributed by atoms with van der Waals surface area (Å²) in [6.07, 6.45) is 0. The number of nitrogens with two attached hydrogens (primary N) is 1. The summed E-state index contributed by atoms with van der Waals surface area (Å²) < 4.78 is 7.26. The topological polar surface area (TPSA) is 53.1 Å². The van der Waals surface area contributed by atoms with Crippen molar-refractivity contribution in [2.45, 2.75) is 6.54 Å². The van der Waals surface area contributed by atoms with Crippen LogP contribution < -0.4 is 10.5 Å². The third-order valence-corrected chi connectivity index (χ3v) is 3.14. The minimum Gasteiger partial charge on any atom is -0.497 e. The Morgan fingerprint density at radius 1 is 1.11 bits per heavy atom. The minimum atomic E-state index is 0.403. The molecule has 0 bridgehead atoms. The number of nitrogens with zero attached hydrogens (tertiary/aromatic N) is 2. The number of hydrogen-bond acceptors (Lipinski definition) is 3. The second-order valence-corrected chi connectivity index (χ2v) is 4.25. The SMILES string of the molecule is COc1ccc(-n2c(CN)nc3ccccc32)cc1. The number of ether oxygens (including phenoxy) is 1. The zero-order valence-corrected chi connectivity index (χ0v) is 10.7. The lowest BCUT2D eigenvalue weighted by atomic mass is 10.2. The fraction of sp³-hybridized carbons (Fsp3) is 0.133. The Balaban J connectivity index is 2.21. The summed E-state index contributed by atoms with van der Waals surface area (Å²) in [7, 11) is 1.66. The van der Waals surface area contributed by atoms with Gasteiger partial charge >= 0.3 is 0 Å². The quantitative estimate of drug-likeness (QED) is 0.780. The van der Waals surface area contributed by atoms with Gasteiger partial charge in [0.05, 0.1) is 24.7 Å². The maximum atomic E-state index is 5.80. The van der Waals surface area contributed by atoms with Crippen LogP contribution in [0.3, 0.4) is 0 Å². The van der Waals surface area contributed by atoms with Gasteiger partial charge in [-0.15, -0.1) is 0 Å². The van der Waals surface area contributed by atoms with Crippen LogP contribution in [0.15, 0.2) is 48.5 Å². The van der Waals surface area contributed by atoms with Crippen molar-refractivity contribution >= 4 is 11.0 Å². The van der Waals surface area contributed by atoms with E-state index in [1.165, 1.54) is 0 Å². The zero-order valence-electron chi connectivity index (χ0n) is 10.7. The van der Waals surface area contributed by atoms with Gasteiger partial charge in [0.15, 0.2) is 0 Å². The van der Waals surface area contributed by atoms with E-state index in [2.05, 4.69) is 9.55 Å². The summed E-state index contributed by atoms with van der Waals surface area (Å²) in [6.45, 7) is 0.403. The summed E-state index contributed by atoms with van der Waals surface area (Å²) in [6, 6.07) is 15.9. The molecule has 0 aliphatic carbocycles. The van der Waals surface area contributed by atoms with Crippen LogP contribution in [0.2, 0.25) is 0 Å². The van der Waals surface area contributed by atoms with E-state index in [0.717, 1.165) is 28.3 Å². The van der Waals surface area contributed by atoms with Gasteiger partial charge in [0, 0.05) is 5.69 Å². The highest BCUT2D eigenvalue weighted by atomic mass is 16.5. The van der Waals surface area contributed by atoms with Crippen molar-refractivity contribution < 1.29 is 4.74 Å². The number of benzene rings is 2. The number of methoxy groups -OCH3 is 1. The van der Waals surface area contributed by atoms with Crippen LogP contribution in [0.1, 0.15) is 5.82 Å². The van der Waals surface area contributed by atoms with Gasteiger partial charge in [-0.1, -0.05) is 12.1 Å². The molecule has 1 heterocycles. The molecule has 0 saturated carbocycles. The second kappa shape index (κ2) is 4.74. The minimum absolute atomic E-state index is 0.403. The number of para-hydroxylation sites is 2. The molecule has 2 N–H and O–H groups in total. The molecule has 0 aliphatic heterocycles. The smallest absolute Gasteiger partial charge is 0.128 e. The van der Waals surface area contributed by atoms with E-state index >= 15 is 0 Å². The predicted octanol–water partition coefficient (Wildman–Crippen LogP) is 2.49. The predicted molar refractivity (Wildman–Crippen MR) is 75.5 cm³/mol. The zero-order chi connectivity index (χ0) is 13.2. The molecule has 0 amide bonds. The second-order valence-electron chi connectivity index (χ2n) is 4.25. The van der Waals surface area contributed by atoms with Gasteiger partial charge < -0.3 is 10.5 Å². The Hall–Kier alpha value is -2.33. The summed E-state index contributed by atoms with van der Waals surface area (Å²) >= 11 is 0. The Labute approximate surface area is 111 Å².